The van der Waals surface area contributed by atoms with Gasteiger partial charge in [0.15, 0.2) is 5.82 Å². The molecule has 0 aliphatic carbocycles. The molecule has 0 saturated carbocycles. The monoisotopic (exact) mass is 366 g/mol. The molecule has 0 radical (unpaired) electrons. The SMILES string of the molecule is Clc1cccc(Nc2nc(-c3ccccc3)nc3ccccc23)c1.[Cl-]. The first kappa shape index (κ1) is 17.2. The van der Waals surface area contributed by atoms with Gasteiger partial charge in [-0.15, -0.1) is 0 Å². The molecule has 0 amide bonds. The van der Waals surface area contributed by atoms with Crippen molar-refractivity contribution in [3.63, 3.8) is 0 Å². The Hall–Kier alpha value is -2.62. The number of nitrogens with zero attached hydrogens (tertiary/aromatic N) is 2. The molecule has 0 fully saturated rings. The molecule has 0 atom stereocenters. The third kappa shape index (κ3) is 3.73. The van der Waals surface area contributed by atoms with Crippen molar-refractivity contribution in [1.29, 1.82) is 0 Å². The zero-order valence-corrected chi connectivity index (χ0v) is 14.7. The number of hydrogen-bond acceptors (Lipinski definition) is 3. The quantitative estimate of drug-likeness (QED) is 0.605. The lowest BCUT2D eigenvalue weighted by Gasteiger charge is -2.11. The van der Waals surface area contributed by atoms with Gasteiger partial charge in [-0.25, -0.2) is 9.97 Å². The second-order valence-corrected chi connectivity index (χ2v) is 5.85. The Morgan fingerprint density at radius 1 is 0.760 bits per heavy atom. The van der Waals surface area contributed by atoms with Crippen LogP contribution in [0, 0.1) is 0 Å². The highest BCUT2D eigenvalue weighted by Crippen LogP contribution is 2.28. The largest absolute Gasteiger partial charge is 1.00 e. The van der Waals surface area contributed by atoms with Crippen LogP contribution in [-0.4, -0.2) is 9.97 Å². The normalized spacial score (nSPS) is 10.3. The fraction of sp³-hybridized carbons (Fsp3) is 0. The second-order valence-electron chi connectivity index (χ2n) is 5.41. The van der Waals surface area contributed by atoms with Gasteiger partial charge in [0.05, 0.1) is 5.52 Å². The van der Waals surface area contributed by atoms with Crippen molar-refractivity contribution in [2.45, 2.75) is 0 Å². The number of benzene rings is 3. The van der Waals surface area contributed by atoms with Crippen molar-refractivity contribution in [3.8, 4) is 11.4 Å². The fourth-order valence-corrected chi connectivity index (χ4v) is 2.78. The van der Waals surface area contributed by atoms with Crippen LogP contribution in [0.5, 0.6) is 0 Å². The fourth-order valence-electron chi connectivity index (χ4n) is 2.59. The van der Waals surface area contributed by atoms with Gasteiger partial charge in [-0.1, -0.05) is 60.1 Å². The van der Waals surface area contributed by atoms with Crippen LogP contribution < -0.4 is 17.7 Å². The van der Waals surface area contributed by atoms with E-state index < -0.39 is 0 Å². The molecular weight excluding hydrogens is 353 g/mol. The molecule has 0 aliphatic heterocycles. The van der Waals surface area contributed by atoms with Crippen molar-refractivity contribution in [2.24, 2.45) is 0 Å². The van der Waals surface area contributed by atoms with E-state index in [4.69, 9.17) is 16.6 Å². The van der Waals surface area contributed by atoms with Crippen LogP contribution in [0.1, 0.15) is 0 Å². The number of halogens is 2. The second kappa shape index (κ2) is 7.51. The van der Waals surface area contributed by atoms with E-state index in [0.29, 0.717) is 10.8 Å². The average Bonchev–Trinajstić information content (AvgIpc) is 2.62. The van der Waals surface area contributed by atoms with Crippen LogP contribution in [0.4, 0.5) is 11.5 Å². The molecule has 1 aromatic heterocycles. The number of anilines is 2. The zero-order valence-electron chi connectivity index (χ0n) is 13.2. The first-order chi connectivity index (χ1) is 11.8. The lowest BCUT2D eigenvalue weighted by Crippen LogP contribution is -3.00. The van der Waals surface area contributed by atoms with Crippen molar-refractivity contribution < 1.29 is 12.4 Å². The Balaban J connectivity index is 0.00000182. The number of fused-ring (bicyclic) bond motifs is 1. The number of nitrogens with one attached hydrogen (secondary N) is 1. The van der Waals surface area contributed by atoms with Crippen LogP contribution in [0.2, 0.25) is 5.02 Å². The smallest absolute Gasteiger partial charge is 0.162 e. The highest BCUT2D eigenvalue weighted by molar-refractivity contribution is 6.30. The topological polar surface area (TPSA) is 37.8 Å². The van der Waals surface area contributed by atoms with Crippen molar-refractivity contribution in [3.05, 3.63) is 83.9 Å². The molecular formula is C20H14Cl2N3-. The number of aromatic nitrogens is 2. The first-order valence-corrected chi connectivity index (χ1v) is 8.02. The Morgan fingerprint density at radius 2 is 1.52 bits per heavy atom. The molecule has 3 aromatic carbocycles. The molecule has 4 aromatic rings. The summed E-state index contributed by atoms with van der Waals surface area (Å²) in [5.41, 5.74) is 2.78. The van der Waals surface area contributed by atoms with Crippen LogP contribution in [0.25, 0.3) is 22.3 Å². The van der Waals surface area contributed by atoms with E-state index in [1.807, 2.05) is 78.9 Å². The van der Waals surface area contributed by atoms with Crippen molar-refractivity contribution in [2.75, 3.05) is 5.32 Å². The molecule has 0 bridgehead atoms. The summed E-state index contributed by atoms with van der Waals surface area (Å²) in [7, 11) is 0. The maximum absolute atomic E-state index is 6.08. The average molecular weight is 367 g/mol. The maximum Gasteiger partial charge on any atom is 0.162 e. The zero-order chi connectivity index (χ0) is 16.4. The maximum atomic E-state index is 6.08. The summed E-state index contributed by atoms with van der Waals surface area (Å²) in [6, 6.07) is 25.5. The third-order valence-electron chi connectivity index (χ3n) is 3.72. The van der Waals surface area contributed by atoms with E-state index in [9.17, 15) is 0 Å². The molecule has 0 aliphatic rings. The van der Waals surface area contributed by atoms with Crippen LogP contribution in [-0.2, 0) is 0 Å². The lowest BCUT2D eigenvalue weighted by atomic mass is 10.2. The number of para-hydroxylation sites is 1. The highest BCUT2D eigenvalue weighted by Gasteiger charge is 2.09. The standard InChI is InChI=1S/C20H14ClN3.ClH/c21-15-9-6-10-16(13-15)22-20-17-11-4-5-12-18(17)23-19(24-20)14-7-2-1-3-8-14;/h1-13H,(H,22,23,24);1H/p-1. The minimum atomic E-state index is 0. The molecule has 4 rings (SSSR count). The van der Waals surface area contributed by atoms with Gasteiger partial charge in [0.1, 0.15) is 5.82 Å². The Kier molecular flexibility index (Phi) is 5.17. The highest BCUT2D eigenvalue weighted by atomic mass is 35.5. The summed E-state index contributed by atoms with van der Waals surface area (Å²) in [4.78, 5) is 9.42. The van der Waals surface area contributed by atoms with Crippen LogP contribution in [0.3, 0.4) is 0 Å². The third-order valence-corrected chi connectivity index (χ3v) is 3.96. The van der Waals surface area contributed by atoms with E-state index in [-0.39, 0.29) is 12.4 Å². The van der Waals surface area contributed by atoms with Gasteiger partial charge < -0.3 is 17.7 Å². The van der Waals surface area contributed by atoms with Gasteiger partial charge in [-0.3, -0.25) is 0 Å². The molecule has 5 heteroatoms. The number of hydrogen-bond donors (Lipinski definition) is 1. The molecule has 0 saturated heterocycles. The molecule has 0 spiro atoms. The molecule has 1 N–H and O–H groups in total. The Bertz CT molecular complexity index is 1000. The first-order valence-electron chi connectivity index (χ1n) is 7.64. The number of rotatable bonds is 3. The van der Waals surface area contributed by atoms with Gasteiger partial charge in [0.25, 0.3) is 0 Å². The molecule has 25 heavy (non-hydrogen) atoms. The Morgan fingerprint density at radius 3 is 2.32 bits per heavy atom. The summed E-state index contributed by atoms with van der Waals surface area (Å²) >= 11 is 6.08. The minimum Gasteiger partial charge on any atom is -1.00 e. The predicted molar refractivity (Wildman–Crippen MR) is 99.7 cm³/mol. The van der Waals surface area contributed by atoms with E-state index in [1.54, 1.807) is 0 Å². The van der Waals surface area contributed by atoms with E-state index in [0.717, 1.165) is 28.0 Å². The van der Waals surface area contributed by atoms with Crippen molar-refractivity contribution in [1.82, 2.24) is 9.97 Å². The summed E-state index contributed by atoms with van der Waals surface area (Å²) in [6.07, 6.45) is 0. The van der Waals surface area contributed by atoms with Crippen LogP contribution in [0.15, 0.2) is 78.9 Å². The molecule has 0 unspecified atom stereocenters. The summed E-state index contributed by atoms with van der Waals surface area (Å²) < 4.78 is 0. The molecule has 1 heterocycles. The van der Waals surface area contributed by atoms with Crippen LogP contribution >= 0.6 is 11.6 Å². The van der Waals surface area contributed by atoms with E-state index in [2.05, 4.69) is 10.3 Å². The van der Waals surface area contributed by atoms with Gasteiger partial charge in [0, 0.05) is 21.7 Å². The summed E-state index contributed by atoms with van der Waals surface area (Å²) in [5, 5.41) is 5.01. The minimum absolute atomic E-state index is 0. The van der Waals surface area contributed by atoms with Crippen molar-refractivity contribution >= 4 is 34.0 Å². The Labute approximate surface area is 157 Å². The van der Waals surface area contributed by atoms with Gasteiger partial charge >= 0.3 is 0 Å². The van der Waals surface area contributed by atoms with Gasteiger partial charge in [-0.2, -0.15) is 0 Å². The summed E-state index contributed by atoms with van der Waals surface area (Å²) in [5.74, 6) is 1.46. The van der Waals surface area contributed by atoms with E-state index in [1.165, 1.54) is 0 Å². The van der Waals surface area contributed by atoms with E-state index >= 15 is 0 Å². The lowest BCUT2D eigenvalue weighted by molar-refractivity contribution is -0.00000470. The molecule has 124 valence electrons. The van der Waals surface area contributed by atoms with Gasteiger partial charge in [-0.05, 0) is 30.3 Å². The summed E-state index contributed by atoms with van der Waals surface area (Å²) in [6.45, 7) is 0. The van der Waals surface area contributed by atoms with Gasteiger partial charge in [0.2, 0.25) is 0 Å². The predicted octanol–water partition coefficient (Wildman–Crippen LogP) is 2.70. The molecule has 3 nitrogen and oxygen atoms in total.